The molecule has 11 nitrogen and oxygen atoms in total. The van der Waals surface area contributed by atoms with Crippen LogP contribution in [0.1, 0.15) is 57.6 Å². The molecule has 184 valence electrons. The van der Waals surface area contributed by atoms with Crippen molar-refractivity contribution in [1.82, 2.24) is 5.32 Å². The van der Waals surface area contributed by atoms with Crippen molar-refractivity contribution in [3.05, 3.63) is 30.1 Å². The van der Waals surface area contributed by atoms with Crippen LogP contribution in [0, 0.1) is 5.92 Å². The summed E-state index contributed by atoms with van der Waals surface area (Å²) in [5, 5.41) is 23.3. The number of alkyl carbamates (subject to hydrolysis) is 1. The molecular formula is C22H34N3O8+. The molecule has 6 atom stereocenters. The van der Waals surface area contributed by atoms with E-state index in [0.717, 1.165) is 0 Å². The predicted molar refractivity (Wildman–Crippen MR) is 115 cm³/mol. The Morgan fingerprint density at radius 3 is 2.52 bits per heavy atom. The first-order chi connectivity index (χ1) is 15.3. The standard InChI is InChI=1S/C22H33N3O8/c1-6-12(2)15(24-21(30)33-22(3,4)5)20(29)31-11-14-16(26)17(27)19(32-14)25-9-7-8-13(10-25)18(23)28/h7-10,12,14-17,19,26-27H,6,11H2,1-5H3,(H2-,23,24,28,30)/p+1/t12-,14+,15-,16+,17+,19+/m0/s1. The van der Waals surface area contributed by atoms with Crippen molar-refractivity contribution in [2.24, 2.45) is 11.7 Å². The number of primary amides is 1. The summed E-state index contributed by atoms with van der Waals surface area (Å²) in [5.74, 6) is -1.62. The van der Waals surface area contributed by atoms with E-state index in [1.807, 2.05) is 6.92 Å². The monoisotopic (exact) mass is 468 g/mol. The third-order valence-corrected chi connectivity index (χ3v) is 5.27. The number of carbonyl (C=O) groups excluding carboxylic acids is 3. The van der Waals surface area contributed by atoms with Gasteiger partial charge in [0.15, 0.2) is 18.5 Å². The lowest BCUT2D eigenvalue weighted by Gasteiger charge is -2.26. The largest absolute Gasteiger partial charge is 0.461 e. The van der Waals surface area contributed by atoms with E-state index in [0.29, 0.717) is 6.42 Å². The van der Waals surface area contributed by atoms with Crippen LogP contribution in [-0.2, 0) is 19.0 Å². The maximum absolute atomic E-state index is 12.7. The van der Waals surface area contributed by atoms with Crippen LogP contribution in [0.2, 0.25) is 0 Å². The molecule has 11 heteroatoms. The minimum absolute atomic E-state index is 0.197. The molecule has 0 aromatic carbocycles. The van der Waals surface area contributed by atoms with E-state index in [1.165, 1.54) is 16.8 Å². The van der Waals surface area contributed by atoms with E-state index >= 15 is 0 Å². The summed E-state index contributed by atoms with van der Waals surface area (Å²) in [7, 11) is 0. The molecule has 1 aromatic rings. The molecule has 33 heavy (non-hydrogen) atoms. The summed E-state index contributed by atoms with van der Waals surface area (Å²) >= 11 is 0. The van der Waals surface area contributed by atoms with Crippen molar-refractivity contribution in [3.63, 3.8) is 0 Å². The smallest absolute Gasteiger partial charge is 0.408 e. The Labute approximate surface area is 192 Å². The van der Waals surface area contributed by atoms with Crippen LogP contribution in [0.15, 0.2) is 24.5 Å². The molecule has 0 aliphatic carbocycles. The number of aromatic nitrogens is 1. The molecule has 1 aromatic heterocycles. The zero-order valence-electron chi connectivity index (χ0n) is 19.6. The SMILES string of the molecule is CC[C@H](C)[C@H](NC(=O)OC(C)(C)C)C(=O)OC[C@H]1O[C@@H]([n+]2cccc(C(N)=O)c2)[C@H](O)[C@@H]1O. The van der Waals surface area contributed by atoms with Gasteiger partial charge in [0.2, 0.25) is 0 Å². The average molecular weight is 469 g/mol. The van der Waals surface area contributed by atoms with Gasteiger partial charge in [0, 0.05) is 6.07 Å². The summed E-state index contributed by atoms with van der Waals surface area (Å²) in [6.45, 7) is 8.42. The molecule has 1 aliphatic heterocycles. The van der Waals surface area contributed by atoms with E-state index in [4.69, 9.17) is 19.9 Å². The second-order valence-corrected chi connectivity index (χ2v) is 9.09. The number of nitrogens with zero attached hydrogens (tertiary/aromatic N) is 1. The minimum atomic E-state index is -1.35. The summed E-state index contributed by atoms with van der Waals surface area (Å²) in [6.07, 6.45) is -1.97. The maximum Gasteiger partial charge on any atom is 0.408 e. The fourth-order valence-corrected chi connectivity index (χ4v) is 3.27. The van der Waals surface area contributed by atoms with E-state index < -0.39 is 54.2 Å². The number of rotatable bonds is 8. The lowest BCUT2D eigenvalue weighted by Crippen LogP contribution is -2.48. The normalized spacial score (nSPS) is 24.6. The molecule has 0 radical (unpaired) electrons. The van der Waals surface area contributed by atoms with Crippen LogP contribution in [0.3, 0.4) is 0 Å². The van der Waals surface area contributed by atoms with Crippen LogP contribution in [0.4, 0.5) is 4.79 Å². The fraction of sp³-hybridized carbons (Fsp3) is 0.636. The van der Waals surface area contributed by atoms with Gasteiger partial charge in [-0.2, -0.15) is 4.57 Å². The summed E-state index contributed by atoms with van der Waals surface area (Å²) in [6, 6.07) is 2.09. The number of pyridine rings is 1. The molecule has 2 rings (SSSR count). The van der Waals surface area contributed by atoms with Gasteiger partial charge in [-0.25, -0.2) is 9.59 Å². The first-order valence-electron chi connectivity index (χ1n) is 10.8. The van der Waals surface area contributed by atoms with Gasteiger partial charge in [-0.1, -0.05) is 20.3 Å². The topological polar surface area (TPSA) is 161 Å². The van der Waals surface area contributed by atoms with Gasteiger partial charge in [0.05, 0.1) is 0 Å². The minimum Gasteiger partial charge on any atom is -0.461 e. The molecule has 0 unspecified atom stereocenters. The number of hydrogen-bond acceptors (Lipinski definition) is 8. The van der Waals surface area contributed by atoms with Gasteiger partial charge >= 0.3 is 12.1 Å². The highest BCUT2D eigenvalue weighted by Crippen LogP contribution is 2.26. The first kappa shape index (κ1) is 26.5. The Balaban J connectivity index is 2.04. The average Bonchev–Trinajstić information content (AvgIpc) is 3.02. The number of aliphatic hydroxyl groups excluding tert-OH is 2. The molecule has 1 saturated heterocycles. The van der Waals surface area contributed by atoms with Crippen molar-refractivity contribution in [2.45, 2.75) is 77.2 Å². The van der Waals surface area contributed by atoms with Crippen molar-refractivity contribution in [3.8, 4) is 0 Å². The second-order valence-electron chi connectivity index (χ2n) is 9.09. The fourth-order valence-electron chi connectivity index (χ4n) is 3.27. The highest BCUT2D eigenvalue weighted by molar-refractivity contribution is 5.92. The van der Waals surface area contributed by atoms with Gasteiger partial charge in [-0.05, 0) is 32.8 Å². The van der Waals surface area contributed by atoms with Crippen LogP contribution < -0.4 is 15.6 Å². The zero-order valence-corrected chi connectivity index (χ0v) is 19.6. The third kappa shape index (κ3) is 7.11. The number of amides is 2. The van der Waals surface area contributed by atoms with E-state index in [9.17, 15) is 24.6 Å². The van der Waals surface area contributed by atoms with Gasteiger partial charge in [0.1, 0.15) is 36.0 Å². The van der Waals surface area contributed by atoms with Crippen LogP contribution >= 0.6 is 0 Å². The molecule has 2 amide bonds. The summed E-state index contributed by atoms with van der Waals surface area (Å²) < 4.78 is 17.6. The first-order valence-corrected chi connectivity index (χ1v) is 10.8. The number of esters is 1. The number of nitrogens with two attached hydrogens (primary N) is 1. The van der Waals surface area contributed by atoms with E-state index in [-0.39, 0.29) is 18.1 Å². The zero-order chi connectivity index (χ0) is 24.9. The van der Waals surface area contributed by atoms with Gasteiger partial charge in [-0.15, -0.1) is 0 Å². The number of carbonyl (C=O) groups is 3. The Morgan fingerprint density at radius 2 is 1.94 bits per heavy atom. The molecule has 1 fully saturated rings. The lowest BCUT2D eigenvalue weighted by atomic mass is 9.99. The number of hydrogen-bond donors (Lipinski definition) is 4. The van der Waals surface area contributed by atoms with E-state index in [1.54, 1.807) is 40.0 Å². The van der Waals surface area contributed by atoms with Gasteiger partial charge in [-0.3, -0.25) is 4.79 Å². The Kier molecular flexibility index (Phi) is 8.76. The van der Waals surface area contributed by atoms with Gasteiger partial charge < -0.3 is 35.5 Å². The summed E-state index contributed by atoms with van der Waals surface area (Å²) in [4.78, 5) is 36.3. The number of nitrogens with one attached hydrogen (secondary N) is 1. The number of ether oxygens (including phenoxy) is 3. The van der Waals surface area contributed by atoms with Crippen molar-refractivity contribution in [2.75, 3.05) is 6.61 Å². The molecule has 0 saturated carbocycles. The Bertz CT molecular complexity index is 856. The van der Waals surface area contributed by atoms with Crippen molar-refractivity contribution >= 4 is 18.0 Å². The molecule has 0 bridgehead atoms. The molecular weight excluding hydrogens is 434 g/mol. The quantitative estimate of drug-likeness (QED) is 0.310. The molecule has 1 aliphatic rings. The Hall–Kier alpha value is -2.76. The van der Waals surface area contributed by atoms with Crippen molar-refractivity contribution < 1.29 is 43.4 Å². The second kappa shape index (κ2) is 10.9. The Morgan fingerprint density at radius 1 is 1.27 bits per heavy atom. The van der Waals surface area contributed by atoms with Gasteiger partial charge in [0.25, 0.3) is 12.1 Å². The lowest BCUT2D eigenvalue weighted by molar-refractivity contribution is -0.765. The molecule has 5 N–H and O–H groups in total. The molecule has 2 heterocycles. The summed E-state index contributed by atoms with van der Waals surface area (Å²) in [5.41, 5.74) is 4.75. The van der Waals surface area contributed by atoms with Crippen LogP contribution in [0.5, 0.6) is 0 Å². The molecule has 0 spiro atoms. The van der Waals surface area contributed by atoms with Crippen LogP contribution in [0.25, 0.3) is 0 Å². The highest BCUT2D eigenvalue weighted by Gasteiger charge is 2.49. The van der Waals surface area contributed by atoms with Crippen LogP contribution in [-0.4, -0.2) is 64.7 Å². The third-order valence-electron chi connectivity index (χ3n) is 5.27. The van der Waals surface area contributed by atoms with Crippen molar-refractivity contribution in [1.29, 1.82) is 0 Å². The predicted octanol–water partition coefficient (Wildman–Crippen LogP) is 0.175. The number of aliphatic hydroxyl groups is 2. The maximum atomic E-state index is 12.7. The highest BCUT2D eigenvalue weighted by atomic mass is 16.6. The van der Waals surface area contributed by atoms with E-state index in [2.05, 4.69) is 5.32 Å².